The van der Waals surface area contributed by atoms with Crippen LogP contribution in [0.3, 0.4) is 0 Å². The number of aliphatic hydroxyl groups excluding tert-OH is 1. The molecule has 2 rings (SSSR count). The lowest BCUT2D eigenvalue weighted by molar-refractivity contribution is 0.0996. The van der Waals surface area contributed by atoms with Gasteiger partial charge in [0.25, 0.3) is 5.91 Å². The molecule has 2 aromatic rings. The van der Waals surface area contributed by atoms with Crippen molar-refractivity contribution in [1.82, 2.24) is 4.98 Å². The highest BCUT2D eigenvalue weighted by molar-refractivity contribution is 7.12. The summed E-state index contributed by atoms with van der Waals surface area (Å²) in [4.78, 5) is 18.6. The van der Waals surface area contributed by atoms with Gasteiger partial charge in [-0.3, -0.25) is 9.78 Å². The van der Waals surface area contributed by atoms with Gasteiger partial charge in [0.2, 0.25) is 0 Å². The van der Waals surface area contributed by atoms with Crippen LogP contribution in [0.1, 0.15) is 21.7 Å². The van der Waals surface area contributed by atoms with E-state index in [0.29, 0.717) is 16.9 Å². The molecule has 0 unspecified atom stereocenters. The Morgan fingerprint density at radius 2 is 2.35 bits per heavy atom. The predicted octanol–water partition coefficient (Wildman–Crippen LogP) is 2.15. The number of hydrogen-bond acceptors (Lipinski definition) is 4. The number of nitrogens with zero attached hydrogens (tertiary/aromatic N) is 2. The van der Waals surface area contributed by atoms with Gasteiger partial charge >= 0.3 is 0 Å². The van der Waals surface area contributed by atoms with Gasteiger partial charge in [-0.2, -0.15) is 0 Å². The van der Waals surface area contributed by atoms with E-state index in [-0.39, 0.29) is 12.5 Å². The van der Waals surface area contributed by atoms with Gasteiger partial charge in [0.1, 0.15) is 4.88 Å². The molecule has 1 N–H and O–H groups in total. The van der Waals surface area contributed by atoms with E-state index >= 15 is 0 Å². The fourth-order valence-corrected chi connectivity index (χ4v) is 2.43. The van der Waals surface area contributed by atoms with Gasteiger partial charge in [0.05, 0.1) is 18.5 Å². The number of carbonyl (C=O) groups is 1. The van der Waals surface area contributed by atoms with Crippen molar-refractivity contribution in [2.75, 3.05) is 18.6 Å². The van der Waals surface area contributed by atoms with E-state index in [9.17, 15) is 4.79 Å². The van der Waals surface area contributed by atoms with Gasteiger partial charge in [0, 0.05) is 25.2 Å². The molecule has 0 aromatic carbocycles. The van der Waals surface area contributed by atoms with Crippen LogP contribution < -0.4 is 4.90 Å². The maximum absolute atomic E-state index is 12.5. The zero-order valence-corrected chi connectivity index (χ0v) is 11.9. The van der Waals surface area contributed by atoms with Crippen molar-refractivity contribution in [3.05, 3.63) is 46.4 Å². The lowest BCUT2D eigenvalue weighted by Crippen LogP contribution is -2.26. The summed E-state index contributed by atoms with van der Waals surface area (Å²) in [5.74, 6) is 5.64. The first-order chi connectivity index (χ1) is 9.74. The van der Waals surface area contributed by atoms with E-state index in [2.05, 4.69) is 16.8 Å². The van der Waals surface area contributed by atoms with Crippen LogP contribution in [0, 0.1) is 11.8 Å². The number of rotatable bonds is 3. The van der Waals surface area contributed by atoms with Gasteiger partial charge in [-0.15, -0.1) is 11.3 Å². The van der Waals surface area contributed by atoms with E-state index in [0.717, 1.165) is 5.69 Å². The largest absolute Gasteiger partial charge is 0.395 e. The molecule has 2 aromatic heterocycles. The lowest BCUT2D eigenvalue weighted by atomic mass is 10.2. The molecule has 0 fully saturated rings. The zero-order valence-electron chi connectivity index (χ0n) is 11.0. The van der Waals surface area contributed by atoms with E-state index in [1.165, 1.54) is 11.3 Å². The molecule has 4 nitrogen and oxygen atoms in total. The van der Waals surface area contributed by atoms with Crippen LogP contribution >= 0.6 is 11.3 Å². The maximum Gasteiger partial charge on any atom is 0.269 e. The van der Waals surface area contributed by atoms with E-state index in [1.807, 2.05) is 17.5 Å². The molecule has 1 amide bonds. The topological polar surface area (TPSA) is 53.4 Å². The fourth-order valence-electron chi connectivity index (χ4n) is 1.61. The minimum atomic E-state index is -0.110. The summed E-state index contributed by atoms with van der Waals surface area (Å²) >= 11 is 1.36. The second kappa shape index (κ2) is 6.85. The van der Waals surface area contributed by atoms with Crippen LogP contribution in [0.25, 0.3) is 0 Å². The molecule has 102 valence electrons. The summed E-state index contributed by atoms with van der Waals surface area (Å²) in [6.07, 6.45) is 3.71. The summed E-state index contributed by atoms with van der Waals surface area (Å²) in [5.41, 5.74) is 1.43. The Labute approximate surface area is 121 Å². The molecule has 0 saturated heterocycles. The molecule has 0 aliphatic heterocycles. The average molecular weight is 286 g/mol. The highest BCUT2D eigenvalue weighted by atomic mass is 32.1. The number of thiophene rings is 1. The molecular formula is C15H14N2O2S. The Morgan fingerprint density at radius 1 is 1.50 bits per heavy atom. The van der Waals surface area contributed by atoms with E-state index in [1.54, 1.807) is 30.4 Å². The van der Waals surface area contributed by atoms with Crippen molar-refractivity contribution in [2.45, 2.75) is 6.42 Å². The highest BCUT2D eigenvalue weighted by Crippen LogP contribution is 2.20. The van der Waals surface area contributed by atoms with Gasteiger partial charge in [-0.25, -0.2) is 0 Å². The van der Waals surface area contributed by atoms with Crippen molar-refractivity contribution in [2.24, 2.45) is 0 Å². The number of amides is 1. The number of hydrogen-bond donors (Lipinski definition) is 1. The molecule has 0 aliphatic rings. The quantitative estimate of drug-likeness (QED) is 0.880. The highest BCUT2D eigenvalue weighted by Gasteiger charge is 2.17. The molecule has 0 bridgehead atoms. The van der Waals surface area contributed by atoms with Crippen molar-refractivity contribution in [1.29, 1.82) is 0 Å². The molecule has 0 atom stereocenters. The molecular weight excluding hydrogens is 272 g/mol. The number of anilines is 1. The second-order valence-electron chi connectivity index (χ2n) is 4.01. The third-order valence-electron chi connectivity index (χ3n) is 2.66. The Morgan fingerprint density at radius 3 is 3.05 bits per heavy atom. The summed E-state index contributed by atoms with van der Waals surface area (Å²) in [7, 11) is 1.71. The zero-order chi connectivity index (χ0) is 14.4. The SMILES string of the molecule is CN(C(=O)c1sccc1C#CCCO)c1cccnc1. The number of pyridine rings is 1. The average Bonchev–Trinajstić information content (AvgIpc) is 2.95. The number of aromatic nitrogens is 1. The Bertz CT molecular complexity index is 641. The minimum Gasteiger partial charge on any atom is -0.395 e. The van der Waals surface area contributed by atoms with Crippen LogP contribution in [0.5, 0.6) is 0 Å². The molecule has 2 heterocycles. The van der Waals surface area contributed by atoms with Crippen molar-refractivity contribution < 1.29 is 9.90 Å². The Balaban J connectivity index is 2.22. The first kappa shape index (κ1) is 14.3. The van der Waals surface area contributed by atoms with E-state index < -0.39 is 0 Å². The second-order valence-corrected chi connectivity index (χ2v) is 4.93. The maximum atomic E-state index is 12.5. The molecule has 20 heavy (non-hydrogen) atoms. The van der Waals surface area contributed by atoms with Gasteiger partial charge in [-0.1, -0.05) is 11.8 Å². The van der Waals surface area contributed by atoms with Crippen molar-refractivity contribution in [3.63, 3.8) is 0 Å². The van der Waals surface area contributed by atoms with E-state index in [4.69, 9.17) is 5.11 Å². The summed E-state index contributed by atoms with van der Waals surface area (Å²) in [6, 6.07) is 5.43. The molecule has 0 spiro atoms. The monoisotopic (exact) mass is 286 g/mol. The normalized spacial score (nSPS) is 9.70. The van der Waals surface area contributed by atoms with Gasteiger partial charge < -0.3 is 10.0 Å². The molecule has 0 radical (unpaired) electrons. The third kappa shape index (κ3) is 3.23. The standard InChI is InChI=1S/C15H14N2O2S/c1-17(13-6-4-8-16-11-13)15(19)14-12(7-10-20-14)5-2-3-9-18/h4,6-8,10-11,18H,3,9H2,1H3. The van der Waals surface area contributed by atoms with Crippen LogP contribution in [-0.2, 0) is 0 Å². The minimum absolute atomic E-state index is 0.0238. The summed E-state index contributed by atoms with van der Waals surface area (Å²) in [6.45, 7) is 0.0238. The molecule has 5 heteroatoms. The number of aliphatic hydroxyl groups is 1. The molecule has 0 saturated carbocycles. The van der Waals surface area contributed by atoms with Crippen molar-refractivity contribution >= 4 is 22.9 Å². The van der Waals surface area contributed by atoms with Crippen LogP contribution in [-0.4, -0.2) is 29.7 Å². The Kier molecular flexibility index (Phi) is 4.88. The predicted molar refractivity (Wildman–Crippen MR) is 79.9 cm³/mol. The van der Waals surface area contributed by atoms with Crippen LogP contribution in [0.15, 0.2) is 36.0 Å². The first-order valence-corrected chi connectivity index (χ1v) is 6.97. The van der Waals surface area contributed by atoms with Crippen molar-refractivity contribution in [3.8, 4) is 11.8 Å². The Hall–Kier alpha value is -2.16. The molecule has 0 aliphatic carbocycles. The lowest BCUT2D eigenvalue weighted by Gasteiger charge is -2.15. The smallest absolute Gasteiger partial charge is 0.269 e. The third-order valence-corrected chi connectivity index (χ3v) is 3.56. The first-order valence-electron chi connectivity index (χ1n) is 6.09. The number of carbonyl (C=O) groups excluding carboxylic acids is 1. The van der Waals surface area contributed by atoms with Gasteiger partial charge in [-0.05, 0) is 23.6 Å². The summed E-state index contributed by atoms with van der Waals surface area (Å²) < 4.78 is 0. The fraction of sp³-hybridized carbons (Fsp3) is 0.200. The summed E-state index contributed by atoms with van der Waals surface area (Å²) in [5, 5.41) is 10.6. The van der Waals surface area contributed by atoms with Gasteiger partial charge in [0.15, 0.2) is 0 Å². The van der Waals surface area contributed by atoms with Crippen LogP contribution in [0.4, 0.5) is 5.69 Å². The van der Waals surface area contributed by atoms with Crippen LogP contribution in [0.2, 0.25) is 0 Å².